The standard InChI is InChI=1S/C20H23Cl2N3O/c21-18-7-6-17(14-19(18)22)20(26)23-8-9-24-10-12-25(13-11-24)15-16-4-2-1-3-5-16/h1-7,14H,8-13,15H2,(H,23,26). The van der Waals surface area contributed by atoms with Crippen molar-refractivity contribution in [1.29, 1.82) is 0 Å². The molecule has 1 N–H and O–H groups in total. The second kappa shape index (κ2) is 9.38. The molecule has 1 aliphatic heterocycles. The molecule has 0 aromatic heterocycles. The smallest absolute Gasteiger partial charge is 0.251 e. The van der Waals surface area contributed by atoms with E-state index >= 15 is 0 Å². The van der Waals surface area contributed by atoms with E-state index in [1.54, 1.807) is 18.2 Å². The van der Waals surface area contributed by atoms with Gasteiger partial charge >= 0.3 is 0 Å². The fourth-order valence-corrected chi connectivity index (χ4v) is 3.38. The summed E-state index contributed by atoms with van der Waals surface area (Å²) < 4.78 is 0. The molecule has 1 fully saturated rings. The van der Waals surface area contributed by atoms with E-state index in [0.29, 0.717) is 22.2 Å². The molecule has 0 aliphatic carbocycles. The van der Waals surface area contributed by atoms with Crippen molar-refractivity contribution in [2.75, 3.05) is 39.3 Å². The average molecular weight is 392 g/mol. The average Bonchev–Trinajstić information content (AvgIpc) is 2.66. The van der Waals surface area contributed by atoms with Gasteiger partial charge in [0, 0.05) is 51.4 Å². The van der Waals surface area contributed by atoms with E-state index < -0.39 is 0 Å². The van der Waals surface area contributed by atoms with Crippen molar-refractivity contribution in [3.05, 3.63) is 69.7 Å². The van der Waals surface area contributed by atoms with Crippen LogP contribution in [0.4, 0.5) is 0 Å². The van der Waals surface area contributed by atoms with Gasteiger partial charge in [0.2, 0.25) is 0 Å². The Morgan fingerprint density at radius 3 is 2.31 bits per heavy atom. The van der Waals surface area contributed by atoms with Gasteiger partial charge in [-0.15, -0.1) is 0 Å². The molecule has 1 aliphatic rings. The molecule has 0 spiro atoms. The summed E-state index contributed by atoms with van der Waals surface area (Å²) in [6, 6.07) is 15.5. The lowest BCUT2D eigenvalue weighted by molar-refractivity contribution is 0.0934. The van der Waals surface area contributed by atoms with Gasteiger partial charge in [0.1, 0.15) is 0 Å². The van der Waals surface area contributed by atoms with E-state index in [9.17, 15) is 4.79 Å². The number of halogens is 2. The predicted molar refractivity (Wildman–Crippen MR) is 107 cm³/mol. The molecular formula is C20H23Cl2N3O. The molecule has 2 aromatic carbocycles. The second-order valence-corrected chi connectivity index (χ2v) is 7.30. The highest BCUT2D eigenvalue weighted by molar-refractivity contribution is 6.42. The van der Waals surface area contributed by atoms with Crippen LogP contribution in [-0.4, -0.2) is 55.0 Å². The highest BCUT2D eigenvalue weighted by atomic mass is 35.5. The van der Waals surface area contributed by atoms with E-state index in [0.717, 1.165) is 39.3 Å². The van der Waals surface area contributed by atoms with Crippen LogP contribution in [0.5, 0.6) is 0 Å². The van der Waals surface area contributed by atoms with Gasteiger partial charge in [-0.25, -0.2) is 0 Å². The van der Waals surface area contributed by atoms with E-state index in [4.69, 9.17) is 23.2 Å². The lowest BCUT2D eigenvalue weighted by Crippen LogP contribution is -2.48. The van der Waals surface area contributed by atoms with Crippen molar-refractivity contribution in [2.45, 2.75) is 6.54 Å². The lowest BCUT2D eigenvalue weighted by Gasteiger charge is -2.34. The molecule has 0 radical (unpaired) electrons. The molecule has 0 bridgehead atoms. The van der Waals surface area contributed by atoms with Crippen molar-refractivity contribution >= 4 is 29.1 Å². The number of carbonyl (C=O) groups is 1. The van der Waals surface area contributed by atoms with Gasteiger partial charge in [0.05, 0.1) is 10.0 Å². The zero-order chi connectivity index (χ0) is 18.4. The van der Waals surface area contributed by atoms with Crippen molar-refractivity contribution < 1.29 is 4.79 Å². The third kappa shape index (κ3) is 5.45. The SMILES string of the molecule is O=C(NCCN1CCN(Cc2ccccc2)CC1)c1ccc(Cl)c(Cl)c1. The molecule has 4 nitrogen and oxygen atoms in total. The molecule has 0 atom stereocenters. The van der Waals surface area contributed by atoms with Gasteiger partial charge in [0.25, 0.3) is 5.91 Å². The van der Waals surface area contributed by atoms with Crippen LogP contribution in [0.3, 0.4) is 0 Å². The van der Waals surface area contributed by atoms with Gasteiger partial charge in [-0.05, 0) is 23.8 Å². The summed E-state index contributed by atoms with van der Waals surface area (Å²) in [6.07, 6.45) is 0. The Bertz CT molecular complexity index is 731. The molecule has 1 heterocycles. The van der Waals surface area contributed by atoms with Gasteiger partial charge in [-0.3, -0.25) is 14.6 Å². The van der Waals surface area contributed by atoms with Crippen LogP contribution >= 0.6 is 23.2 Å². The Hall–Kier alpha value is -1.59. The van der Waals surface area contributed by atoms with Gasteiger partial charge < -0.3 is 5.32 Å². The predicted octanol–water partition coefficient (Wildman–Crippen LogP) is 3.54. The molecule has 3 rings (SSSR count). The van der Waals surface area contributed by atoms with Gasteiger partial charge in [-0.1, -0.05) is 53.5 Å². The summed E-state index contributed by atoms with van der Waals surface area (Å²) >= 11 is 11.8. The molecule has 6 heteroatoms. The zero-order valence-corrected chi connectivity index (χ0v) is 16.1. The van der Waals surface area contributed by atoms with Gasteiger partial charge in [0.15, 0.2) is 0 Å². The summed E-state index contributed by atoms with van der Waals surface area (Å²) in [5.41, 5.74) is 1.89. The first-order valence-electron chi connectivity index (χ1n) is 8.84. The Labute approximate surface area is 164 Å². The molecule has 138 valence electrons. The van der Waals surface area contributed by atoms with Crippen molar-refractivity contribution in [3.63, 3.8) is 0 Å². The molecule has 26 heavy (non-hydrogen) atoms. The van der Waals surface area contributed by atoms with Crippen molar-refractivity contribution in [1.82, 2.24) is 15.1 Å². The molecule has 1 saturated heterocycles. The monoisotopic (exact) mass is 391 g/mol. The summed E-state index contributed by atoms with van der Waals surface area (Å²) in [5.74, 6) is -0.119. The zero-order valence-electron chi connectivity index (χ0n) is 14.6. The van der Waals surface area contributed by atoms with E-state index in [1.165, 1.54) is 5.56 Å². The quantitative estimate of drug-likeness (QED) is 0.817. The summed E-state index contributed by atoms with van der Waals surface area (Å²) in [7, 11) is 0. The van der Waals surface area contributed by atoms with Gasteiger partial charge in [-0.2, -0.15) is 0 Å². The Kier molecular flexibility index (Phi) is 6.92. The van der Waals surface area contributed by atoms with Crippen LogP contribution < -0.4 is 5.32 Å². The van der Waals surface area contributed by atoms with E-state index in [-0.39, 0.29) is 5.91 Å². The molecule has 2 aromatic rings. The number of amides is 1. The molecule has 0 saturated carbocycles. The lowest BCUT2D eigenvalue weighted by atomic mass is 10.2. The van der Waals surface area contributed by atoms with E-state index in [2.05, 4.69) is 39.4 Å². The minimum atomic E-state index is -0.119. The topological polar surface area (TPSA) is 35.6 Å². The number of piperazine rings is 1. The summed E-state index contributed by atoms with van der Waals surface area (Å²) in [5, 5.41) is 3.80. The fraction of sp³-hybridized carbons (Fsp3) is 0.350. The van der Waals surface area contributed by atoms with Crippen LogP contribution in [0.15, 0.2) is 48.5 Å². The minimum Gasteiger partial charge on any atom is -0.351 e. The first-order valence-corrected chi connectivity index (χ1v) is 9.59. The largest absolute Gasteiger partial charge is 0.351 e. The third-order valence-corrected chi connectivity index (χ3v) is 5.35. The first-order chi connectivity index (χ1) is 12.6. The van der Waals surface area contributed by atoms with Crippen molar-refractivity contribution in [2.24, 2.45) is 0 Å². The fourth-order valence-electron chi connectivity index (χ4n) is 3.08. The number of nitrogens with one attached hydrogen (secondary N) is 1. The number of rotatable bonds is 6. The Balaban J connectivity index is 1.37. The minimum absolute atomic E-state index is 0.119. The number of benzene rings is 2. The Morgan fingerprint density at radius 1 is 0.923 bits per heavy atom. The molecular weight excluding hydrogens is 369 g/mol. The summed E-state index contributed by atoms with van der Waals surface area (Å²) in [6.45, 7) is 6.63. The summed E-state index contributed by atoms with van der Waals surface area (Å²) in [4.78, 5) is 17.0. The number of hydrogen-bond donors (Lipinski definition) is 1. The third-order valence-electron chi connectivity index (χ3n) is 4.61. The highest BCUT2D eigenvalue weighted by Crippen LogP contribution is 2.22. The maximum atomic E-state index is 12.2. The number of nitrogens with zero attached hydrogens (tertiary/aromatic N) is 2. The van der Waals surface area contributed by atoms with Crippen LogP contribution in [0.25, 0.3) is 0 Å². The van der Waals surface area contributed by atoms with Crippen LogP contribution in [0.2, 0.25) is 10.0 Å². The van der Waals surface area contributed by atoms with Crippen molar-refractivity contribution in [3.8, 4) is 0 Å². The number of hydrogen-bond acceptors (Lipinski definition) is 3. The van der Waals surface area contributed by atoms with E-state index in [1.807, 2.05) is 6.07 Å². The van der Waals surface area contributed by atoms with Crippen LogP contribution in [0.1, 0.15) is 15.9 Å². The van der Waals surface area contributed by atoms with Crippen LogP contribution in [-0.2, 0) is 6.54 Å². The normalized spacial score (nSPS) is 15.8. The highest BCUT2D eigenvalue weighted by Gasteiger charge is 2.17. The first kappa shape index (κ1) is 19.2. The molecule has 1 amide bonds. The molecule has 0 unspecified atom stereocenters. The van der Waals surface area contributed by atoms with Crippen LogP contribution in [0, 0.1) is 0 Å². The second-order valence-electron chi connectivity index (χ2n) is 6.49. The number of carbonyl (C=O) groups excluding carboxylic acids is 1. The Morgan fingerprint density at radius 2 is 1.62 bits per heavy atom. The maximum absolute atomic E-state index is 12.2. The maximum Gasteiger partial charge on any atom is 0.251 e.